The number of esters is 1. The minimum Gasteiger partial charge on any atom is -0.497 e. The molecule has 2 aromatic rings. The summed E-state index contributed by atoms with van der Waals surface area (Å²) in [6.07, 6.45) is -0.169. The van der Waals surface area contributed by atoms with Gasteiger partial charge in [0, 0.05) is 6.54 Å². The van der Waals surface area contributed by atoms with Gasteiger partial charge < -0.3 is 14.4 Å². The molecular formula is C20H25NO3. The first-order chi connectivity index (χ1) is 11.5. The summed E-state index contributed by atoms with van der Waals surface area (Å²) < 4.78 is 10.9. The van der Waals surface area contributed by atoms with Crippen molar-refractivity contribution in [2.75, 3.05) is 27.7 Å². The maximum absolute atomic E-state index is 12.8. The average Bonchev–Trinajstić information content (AvgIpc) is 2.56. The quantitative estimate of drug-likeness (QED) is 0.731. The van der Waals surface area contributed by atoms with Gasteiger partial charge in [-0.3, -0.25) is 4.79 Å². The molecule has 0 spiro atoms. The van der Waals surface area contributed by atoms with Crippen LogP contribution in [0.25, 0.3) is 0 Å². The summed E-state index contributed by atoms with van der Waals surface area (Å²) in [5.41, 5.74) is 1.81. The van der Waals surface area contributed by atoms with Crippen molar-refractivity contribution in [3.05, 3.63) is 65.7 Å². The molecule has 4 heteroatoms. The fraction of sp³-hybridized carbons (Fsp3) is 0.350. The summed E-state index contributed by atoms with van der Waals surface area (Å²) in [6, 6.07) is 17.3. The van der Waals surface area contributed by atoms with Crippen LogP contribution in [0, 0.1) is 0 Å². The second-order valence-electron chi connectivity index (χ2n) is 6.13. The Balaban J connectivity index is 2.27. The van der Waals surface area contributed by atoms with Crippen molar-refractivity contribution in [3.63, 3.8) is 0 Å². The van der Waals surface area contributed by atoms with Gasteiger partial charge in [-0.25, -0.2) is 0 Å². The maximum Gasteiger partial charge on any atom is 0.318 e. The molecule has 24 heavy (non-hydrogen) atoms. The monoisotopic (exact) mass is 327 g/mol. The van der Waals surface area contributed by atoms with Crippen molar-refractivity contribution in [2.24, 2.45) is 0 Å². The van der Waals surface area contributed by atoms with E-state index >= 15 is 0 Å². The van der Waals surface area contributed by atoms with E-state index in [2.05, 4.69) is 0 Å². The van der Waals surface area contributed by atoms with Crippen molar-refractivity contribution < 1.29 is 14.3 Å². The van der Waals surface area contributed by atoms with E-state index in [1.165, 1.54) is 0 Å². The molecule has 0 aromatic heterocycles. The molecule has 0 radical (unpaired) electrons. The summed E-state index contributed by atoms with van der Waals surface area (Å²) >= 11 is 0. The van der Waals surface area contributed by atoms with Crippen LogP contribution in [-0.4, -0.2) is 44.7 Å². The van der Waals surface area contributed by atoms with Crippen molar-refractivity contribution >= 4 is 5.97 Å². The molecule has 2 rings (SSSR count). The zero-order valence-corrected chi connectivity index (χ0v) is 14.7. The molecular weight excluding hydrogens is 302 g/mol. The molecule has 0 saturated carbocycles. The number of carbonyl (C=O) groups is 1. The Labute approximate surface area is 144 Å². The number of benzene rings is 2. The molecule has 0 saturated heterocycles. The molecule has 4 nitrogen and oxygen atoms in total. The van der Waals surface area contributed by atoms with Crippen LogP contribution in [0.3, 0.4) is 0 Å². The molecule has 2 aromatic carbocycles. The first kappa shape index (κ1) is 18.0. The number of methoxy groups -OCH3 is 1. The smallest absolute Gasteiger partial charge is 0.318 e. The Morgan fingerprint density at radius 2 is 1.58 bits per heavy atom. The number of hydrogen-bond acceptors (Lipinski definition) is 4. The molecule has 0 aliphatic rings. The standard InChI is InChI=1S/C20H25NO3/c1-15(14-21(2)3)24-20(22)19(16-8-6-5-7-9-16)17-10-12-18(23-4)13-11-17/h5-13,15,19H,14H2,1-4H3/t15-,19-/m1/s1. The lowest BCUT2D eigenvalue weighted by molar-refractivity contribution is -0.149. The van der Waals surface area contributed by atoms with Crippen LogP contribution >= 0.6 is 0 Å². The summed E-state index contributed by atoms with van der Waals surface area (Å²) in [6.45, 7) is 2.60. The normalized spacial score (nSPS) is 13.4. The van der Waals surface area contributed by atoms with E-state index in [-0.39, 0.29) is 12.1 Å². The lowest BCUT2D eigenvalue weighted by atomic mass is 9.91. The van der Waals surface area contributed by atoms with Crippen LogP contribution in [0.2, 0.25) is 0 Å². The average molecular weight is 327 g/mol. The third kappa shape index (κ3) is 4.83. The second kappa shape index (κ2) is 8.50. The first-order valence-electron chi connectivity index (χ1n) is 8.05. The van der Waals surface area contributed by atoms with E-state index < -0.39 is 5.92 Å². The summed E-state index contributed by atoms with van der Waals surface area (Å²) in [5.74, 6) is 0.0855. The Morgan fingerprint density at radius 1 is 1.00 bits per heavy atom. The molecule has 0 unspecified atom stereocenters. The SMILES string of the molecule is COc1ccc([C@H](C(=O)O[C@H](C)CN(C)C)c2ccccc2)cc1. The van der Waals surface area contributed by atoms with Crippen LogP contribution < -0.4 is 4.74 Å². The summed E-state index contributed by atoms with van der Waals surface area (Å²) in [4.78, 5) is 14.8. The number of nitrogens with zero attached hydrogens (tertiary/aromatic N) is 1. The summed E-state index contributed by atoms with van der Waals surface area (Å²) in [7, 11) is 5.55. The number of ether oxygens (including phenoxy) is 2. The largest absolute Gasteiger partial charge is 0.497 e. The Hall–Kier alpha value is -2.33. The van der Waals surface area contributed by atoms with Gasteiger partial charge in [-0.05, 0) is 44.3 Å². The third-order valence-corrected chi connectivity index (χ3v) is 3.76. The molecule has 0 N–H and O–H groups in total. The van der Waals surface area contributed by atoms with Gasteiger partial charge in [-0.1, -0.05) is 42.5 Å². The number of likely N-dealkylation sites (N-methyl/N-ethyl adjacent to an activating group) is 1. The van der Waals surface area contributed by atoms with E-state index in [0.29, 0.717) is 6.54 Å². The molecule has 128 valence electrons. The fourth-order valence-electron chi connectivity index (χ4n) is 2.72. The Bertz CT molecular complexity index is 638. The van der Waals surface area contributed by atoms with E-state index in [4.69, 9.17) is 9.47 Å². The van der Waals surface area contributed by atoms with E-state index in [1.807, 2.05) is 80.5 Å². The predicted octanol–water partition coefficient (Wildman–Crippen LogP) is 3.32. The highest BCUT2D eigenvalue weighted by atomic mass is 16.5. The lowest BCUT2D eigenvalue weighted by Gasteiger charge is -2.22. The summed E-state index contributed by atoms with van der Waals surface area (Å²) in [5, 5.41) is 0. The van der Waals surface area contributed by atoms with Gasteiger partial charge >= 0.3 is 5.97 Å². The zero-order valence-electron chi connectivity index (χ0n) is 14.7. The van der Waals surface area contributed by atoms with Crippen LogP contribution in [0.4, 0.5) is 0 Å². The Morgan fingerprint density at radius 3 is 2.12 bits per heavy atom. The van der Waals surface area contributed by atoms with Crippen LogP contribution in [0.1, 0.15) is 24.0 Å². The lowest BCUT2D eigenvalue weighted by Crippen LogP contribution is -2.30. The van der Waals surface area contributed by atoms with Crippen molar-refractivity contribution in [1.82, 2.24) is 4.90 Å². The van der Waals surface area contributed by atoms with Crippen molar-refractivity contribution in [1.29, 1.82) is 0 Å². The van der Waals surface area contributed by atoms with Gasteiger partial charge in [-0.2, -0.15) is 0 Å². The topological polar surface area (TPSA) is 38.8 Å². The highest BCUT2D eigenvalue weighted by Gasteiger charge is 2.26. The molecule has 0 bridgehead atoms. The number of carbonyl (C=O) groups excluding carboxylic acids is 1. The molecule has 0 aliphatic heterocycles. The van der Waals surface area contributed by atoms with Crippen LogP contribution in [0.15, 0.2) is 54.6 Å². The van der Waals surface area contributed by atoms with Crippen molar-refractivity contribution in [3.8, 4) is 5.75 Å². The van der Waals surface area contributed by atoms with Gasteiger partial charge in [0.05, 0.1) is 7.11 Å². The van der Waals surface area contributed by atoms with Gasteiger partial charge in [0.1, 0.15) is 17.8 Å². The molecule has 0 fully saturated rings. The molecule has 0 aliphatic carbocycles. The predicted molar refractivity (Wildman–Crippen MR) is 95.4 cm³/mol. The highest BCUT2D eigenvalue weighted by Crippen LogP contribution is 2.28. The molecule has 0 heterocycles. The number of hydrogen-bond donors (Lipinski definition) is 0. The van der Waals surface area contributed by atoms with Gasteiger partial charge in [0.2, 0.25) is 0 Å². The minimum absolute atomic E-state index is 0.169. The molecule has 0 amide bonds. The van der Waals surface area contributed by atoms with E-state index in [1.54, 1.807) is 7.11 Å². The van der Waals surface area contributed by atoms with Crippen molar-refractivity contribution in [2.45, 2.75) is 18.9 Å². The number of rotatable bonds is 7. The fourth-order valence-corrected chi connectivity index (χ4v) is 2.72. The van der Waals surface area contributed by atoms with Gasteiger partial charge in [0.15, 0.2) is 0 Å². The molecule has 2 atom stereocenters. The minimum atomic E-state index is -0.443. The second-order valence-corrected chi connectivity index (χ2v) is 6.13. The van der Waals surface area contributed by atoms with E-state index in [9.17, 15) is 4.79 Å². The first-order valence-corrected chi connectivity index (χ1v) is 8.05. The van der Waals surface area contributed by atoms with Gasteiger partial charge in [0.25, 0.3) is 0 Å². The highest BCUT2D eigenvalue weighted by molar-refractivity contribution is 5.82. The zero-order chi connectivity index (χ0) is 17.5. The third-order valence-electron chi connectivity index (χ3n) is 3.76. The van der Waals surface area contributed by atoms with Crippen LogP contribution in [-0.2, 0) is 9.53 Å². The maximum atomic E-state index is 12.8. The Kier molecular flexibility index (Phi) is 6.38. The van der Waals surface area contributed by atoms with E-state index in [0.717, 1.165) is 16.9 Å². The van der Waals surface area contributed by atoms with Gasteiger partial charge in [-0.15, -0.1) is 0 Å². The van der Waals surface area contributed by atoms with Crippen LogP contribution in [0.5, 0.6) is 5.75 Å².